The smallest absolute Gasteiger partial charge is 0.126 e. The molecule has 23 heavy (non-hydrogen) atoms. The van der Waals surface area contributed by atoms with Crippen molar-refractivity contribution in [2.75, 3.05) is 7.11 Å². The van der Waals surface area contributed by atoms with Crippen molar-refractivity contribution >= 4 is 0 Å². The molecule has 128 valence electrons. The zero-order valence-corrected chi connectivity index (χ0v) is 16.4. The van der Waals surface area contributed by atoms with Crippen molar-refractivity contribution in [3.05, 3.63) is 28.8 Å². The largest absolute Gasteiger partial charge is 0.496 e. The Balaban J connectivity index is 3.26. The van der Waals surface area contributed by atoms with Gasteiger partial charge in [-0.25, -0.2) is 0 Å². The average Bonchev–Trinajstić information content (AvgIpc) is 2.44. The molecule has 0 fully saturated rings. The Labute approximate surface area is 143 Å². The molecule has 1 aromatic carbocycles. The maximum atomic E-state index is 5.81. The molecule has 0 N–H and O–H groups in total. The number of methoxy groups -OCH3 is 1. The number of hydrogen-bond donors (Lipinski definition) is 0. The quantitative estimate of drug-likeness (QED) is 0.617. The lowest BCUT2D eigenvalue weighted by Crippen LogP contribution is -2.19. The summed E-state index contributed by atoms with van der Waals surface area (Å²) in [6.07, 6.45) is 4.08. The van der Waals surface area contributed by atoms with Crippen LogP contribution in [0.4, 0.5) is 0 Å². The van der Waals surface area contributed by atoms with E-state index in [1.54, 1.807) is 7.11 Å². The normalized spacial score (nSPS) is 11.8. The molecule has 0 radical (unpaired) electrons. The Morgan fingerprint density at radius 3 is 1.74 bits per heavy atom. The number of unbranched alkanes of at least 4 members (excludes halogenated alkanes) is 1. The summed E-state index contributed by atoms with van der Waals surface area (Å²) in [5, 5.41) is 0. The van der Waals surface area contributed by atoms with Gasteiger partial charge in [0.15, 0.2) is 0 Å². The summed E-state index contributed by atoms with van der Waals surface area (Å²) in [6.45, 7) is 15.7. The van der Waals surface area contributed by atoms with E-state index in [1.165, 1.54) is 16.7 Å². The third kappa shape index (κ3) is 5.61. The topological polar surface area (TPSA) is 9.23 Å². The molecule has 0 unspecified atom stereocenters. The number of aryl methyl sites for hydroxylation is 1. The standard InChI is InChI=1S/C22H34O/c1-9-10-11-12-13-14-17-15-18(21(2,3)4)20(23-8)19(16-17)22(5,6)7/h15-16H,9-10,13-14H2,1-8H3. The summed E-state index contributed by atoms with van der Waals surface area (Å²) in [5.74, 6) is 7.59. The van der Waals surface area contributed by atoms with Crippen molar-refractivity contribution < 1.29 is 4.74 Å². The molecule has 0 heterocycles. The first kappa shape index (κ1) is 19.6. The molecule has 1 nitrogen and oxygen atoms in total. The van der Waals surface area contributed by atoms with Gasteiger partial charge in [-0.15, -0.1) is 11.8 Å². The SMILES string of the molecule is CCCC#CCCc1cc(C(C)(C)C)c(OC)c(C(C)(C)C)c1. The van der Waals surface area contributed by atoms with E-state index in [2.05, 4.69) is 72.4 Å². The van der Waals surface area contributed by atoms with E-state index in [1.807, 2.05) is 0 Å². The van der Waals surface area contributed by atoms with E-state index >= 15 is 0 Å². The van der Waals surface area contributed by atoms with E-state index in [4.69, 9.17) is 4.74 Å². The lowest BCUT2D eigenvalue weighted by Gasteiger charge is -2.30. The fourth-order valence-electron chi connectivity index (χ4n) is 2.68. The molecule has 1 rings (SSSR count). The third-order valence-electron chi connectivity index (χ3n) is 4.01. The third-order valence-corrected chi connectivity index (χ3v) is 4.01. The lowest BCUT2D eigenvalue weighted by molar-refractivity contribution is 0.381. The van der Waals surface area contributed by atoms with Crippen LogP contribution in [-0.4, -0.2) is 7.11 Å². The van der Waals surface area contributed by atoms with Gasteiger partial charge in [0, 0.05) is 24.0 Å². The van der Waals surface area contributed by atoms with Crippen LogP contribution in [0, 0.1) is 11.8 Å². The number of benzene rings is 1. The molecule has 1 heteroatoms. The van der Waals surface area contributed by atoms with Crippen molar-refractivity contribution in [2.24, 2.45) is 0 Å². The summed E-state index contributed by atoms with van der Waals surface area (Å²) < 4.78 is 5.81. The van der Waals surface area contributed by atoms with Crippen LogP contribution >= 0.6 is 0 Å². The monoisotopic (exact) mass is 314 g/mol. The van der Waals surface area contributed by atoms with Gasteiger partial charge in [0.1, 0.15) is 5.75 Å². The summed E-state index contributed by atoms with van der Waals surface area (Å²) in [5.41, 5.74) is 4.09. The van der Waals surface area contributed by atoms with Crippen molar-refractivity contribution in [3.63, 3.8) is 0 Å². The summed E-state index contributed by atoms with van der Waals surface area (Å²) in [6, 6.07) is 4.63. The second-order valence-corrected chi connectivity index (χ2v) is 8.33. The van der Waals surface area contributed by atoms with E-state index in [0.29, 0.717) is 0 Å². The van der Waals surface area contributed by atoms with Crippen LogP contribution < -0.4 is 4.74 Å². The van der Waals surface area contributed by atoms with Crippen LogP contribution in [0.2, 0.25) is 0 Å². The molecular weight excluding hydrogens is 280 g/mol. The summed E-state index contributed by atoms with van der Waals surface area (Å²) >= 11 is 0. The van der Waals surface area contributed by atoms with E-state index in [0.717, 1.165) is 31.4 Å². The lowest BCUT2D eigenvalue weighted by atomic mass is 9.78. The Kier molecular flexibility index (Phi) is 6.75. The molecule has 0 spiro atoms. The minimum atomic E-state index is 0.0647. The Hall–Kier alpha value is -1.42. The minimum Gasteiger partial charge on any atom is -0.496 e. The second kappa shape index (κ2) is 7.91. The molecule has 0 aliphatic heterocycles. The van der Waals surface area contributed by atoms with Crippen molar-refractivity contribution in [2.45, 2.75) is 85.0 Å². The molecule has 0 atom stereocenters. The molecule has 0 aliphatic carbocycles. The predicted octanol–water partition coefficient (Wildman–Crippen LogP) is 6.03. The first-order valence-corrected chi connectivity index (χ1v) is 8.78. The van der Waals surface area contributed by atoms with Gasteiger partial charge in [-0.1, -0.05) is 60.6 Å². The van der Waals surface area contributed by atoms with Crippen LogP contribution in [0.1, 0.15) is 84.4 Å². The highest BCUT2D eigenvalue weighted by Crippen LogP contribution is 2.40. The fraction of sp³-hybridized carbons (Fsp3) is 0.636. The van der Waals surface area contributed by atoms with Gasteiger partial charge in [0.2, 0.25) is 0 Å². The molecule has 0 aliphatic rings. The number of rotatable bonds is 4. The maximum Gasteiger partial charge on any atom is 0.126 e. The van der Waals surface area contributed by atoms with Crippen molar-refractivity contribution in [1.29, 1.82) is 0 Å². The highest BCUT2D eigenvalue weighted by atomic mass is 16.5. The Bertz CT molecular complexity index is 536. The first-order chi connectivity index (χ1) is 10.6. The molecule has 0 bridgehead atoms. The van der Waals surface area contributed by atoms with Crippen molar-refractivity contribution in [3.8, 4) is 17.6 Å². The molecule has 0 saturated carbocycles. The highest BCUT2D eigenvalue weighted by molar-refractivity contribution is 5.51. The van der Waals surface area contributed by atoms with Crippen molar-refractivity contribution in [1.82, 2.24) is 0 Å². The van der Waals surface area contributed by atoms with E-state index in [-0.39, 0.29) is 10.8 Å². The van der Waals surface area contributed by atoms with Crippen LogP contribution in [0.15, 0.2) is 12.1 Å². The van der Waals surface area contributed by atoms with Gasteiger partial charge >= 0.3 is 0 Å². The fourth-order valence-corrected chi connectivity index (χ4v) is 2.68. The zero-order valence-electron chi connectivity index (χ0n) is 16.4. The first-order valence-electron chi connectivity index (χ1n) is 8.78. The van der Waals surface area contributed by atoms with Gasteiger partial charge in [-0.3, -0.25) is 0 Å². The van der Waals surface area contributed by atoms with Gasteiger partial charge in [-0.05, 0) is 29.2 Å². The summed E-state index contributed by atoms with van der Waals surface area (Å²) in [4.78, 5) is 0. The summed E-state index contributed by atoms with van der Waals surface area (Å²) in [7, 11) is 1.79. The van der Waals surface area contributed by atoms with Crippen LogP contribution in [-0.2, 0) is 17.3 Å². The molecule has 0 amide bonds. The van der Waals surface area contributed by atoms with Gasteiger partial charge in [0.05, 0.1) is 7.11 Å². The second-order valence-electron chi connectivity index (χ2n) is 8.33. The average molecular weight is 315 g/mol. The molecule has 0 saturated heterocycles. The Morgan fingerprint density at radius 1 is 0.870 bits per heavy atom. The van der Waals surface area contributed by atoms with E-state index < -0.39 is 0 Å². The minimum absolute atomic E-state index is 0.0647. The zero-order chi connectivity index (χ0) is 17.7. The van der Waals surface area contributed by atoms with E-state index in [9.17, 15) is 0 Å². The van der Waals surface area contributed by atoms with Crippen LogP contribution in [0.5, 0.6) is 5.75 Å². The maximum absolute atomic E-state index is 5.81. The molecule has 0 aromatic heterocycles. The molecular formula is C22H34O. The van der Waals surface area contributed by atoms with Crippen LogP contribution in [0.25, 0.3) is 0 Å². The van der Waals surface area contributed by atoms with Gasteiger partial charge in [0.25, 0.3) is 0 Å². The predicted molar refractivity (Wildman–Crippen MR) is 101 cm³/mol. The van der Waals surface area contributed by atoms with Gasteiger partial charge in [-0.2, -0.15) is 0 Å². The number of hydrogen-bond acceptors (Lipinski definition) is 1. The Morgan fingerprint density at radius 2 is 1.35 bits per heavy atom. The molecule has 1 aromatic rings. The van der Waals surface area contributed by atoms with Crippen LogP contribution in [0.3, 0.4) is 0 Å². The van der Waals surface area contributed by atoms with Gasteiger partial charge < -0.3 is 4.74 Å². The number of ether oxygens (including phenoxy) is 1. The highest BCUT2D eigenvalue weighted by Gasteiger charge is 2.27.